The second-order valence-corrected chi connectivity index (χ2v) is 6.29. The van der Waals surface area contributed by atoms with Crippen LogP contribution in [0.5, 0.6) is 0 Å². The molecular weight excluding hydrogens is 311 g/mol. The standard InChI is InChI=1S/C16H9.Sn.H/c1-3-11-7-9-13-5-2-6-14-10-8-12(4-1)15(11)16(13)14;;/h1-9H;;. The third kappa shape index (κ3) is 1.25. The average molecular weight is 321 g/mol. The van der Waals surface area contributed by atoms with E-state index in [9.17, 15) is 0 Å². The molecule has 0 unspecified atom stereocenters. The van der Waals surface area contributed by atoms with Gasteiger partial charge < -0.3 is 0 Å². The second-order valence-electron chi connectivity index (χ2n) is 4.51. The molecule has 0 aliphatic rings. The van der Waals surface area contributed by atoms with Gasteiger partial charge >= 0.3 is 113 Å². The monoisotopic (exact) mass is 322 g/mol. The van der Waals surface area contributed by atoms with Crippen LogP contribution in [0.2, 0.25) is 0 Å². The predicted octanol–water partition coefficient (Wildman–Crippen LogP) is 3.11. The summed E-state index contributed by atoms with van der Waals surface area (Å²) in [6.45, 7) is 0. The summed E-state index contributed by atoms with van der Waals surface area (Å²) < 4.78 is 1.49. The first-order chi connectivity index (χ1) is 8.34. The SMILES string of the molecule is [SnH][c]1cc2cccc3ccc4cccc1c4c32. The summed E-state index contributed by atoms with van der Waals surface area (Å²) in [6.07, 6.45) is 0. The van der Waals surface area contributed by atoms with Gasteiger partial charge in [0.05, 0.1) is 0 Å². The summed E-state index contributed by atoms with van der Waals surface area (Å²) in [5.41, 5.74) is 0. The second kappa shape index (κ2) is 3.36. The van der Waals surface area contributed by atoms with Gasteiger partial charge in [-0.3, -0.25) is 0 Å². The minimum atomic E-state index is 1.17. The van der Waals surface area contributed by atoms with Gasteiger partial charge in [0.2, 0.25) is 0 Å². The van der Waals surface area contributed by atoms with E-state index in [-0.39, 0.29) is 0 Å². The Morgan fingerprint density at radius 3 is 2.12 bits per heavy atom. The molecule has 0 atom stereocenters. The molecule has 0 saturated carbocycles. The molecule has 0 heterocycles. The van der Waals surface area contributed by atoms with Crippen LogP contribution >= 0.6 is 0 Å². The van der Waals surface area contributed by atoms with E-state index >= 15 is 0 Å². The van der Waals surface area contributed by atoms with Gasteiger partial charge in [0.1, 0.15) is 0 Å². The fraction of sp³-hybridized carbons (Fsp3) is 0. The normalized spacial score (nSPS) is 11.8. The molecule has 4 aromatic rings. The van der Waals surface area contributed by atoms with Crippen LogP contribution in [0.25, 0.3) is 32.3 Å². The van der Waals surface area contributed by atoms with Crippen LogP contribution in [0.4, 0.5) is 0 Å². The fourth-order valence-corrected chi connectivity index (χ4v) is 3.99. The number of hydrogen-bond acceptors (Lipinski definition) is 0. The van der Waals surface area contributed by atoms with E-state index in [1.54, 1.807) is 0 Å². The summed E-state index contributed by atoms with van der Waals surface area (Å²) in [6, 6.07) is 20.1. The van der Waals surface area contributed by atoms with Crippen LogP contribution < -0.4 is 3.58 Å². The summed E-state index contributed by atoms with van der Waals surface area (Å²) >= 11 is 1.17. The van der Waals surface area contributed by atoms with Gasteiger partial charge in [0.15, 0.2) is 0 Å². The fourth-order valence-electron chi connectivity index (χ4n) is 2.79. The molecule has 0 aliphatic heterocycles. The van der Waals surface area contributed by atoms with Gasteiger partial charge in [-0.1, -0.05) is 0 Å². The van der Waals surface area contributed by atoms with Crippen molar-refractivity contribution in [3.63, 3.8) is 0 Å². The Morgan fingerprint density at radius 1 is 0.647 bits per heavy atom. The molecule has 0 amide bonds. The first-order valence-corrected chi connectivity index (χ1v) is 7.41. The Balaban J connectivity index is 2.50. The van der Waals surface area contributed by atoms with E-state index in [2.05, 4.69) is 54.6 Å². The molecule has 0 fully saturated rings. The Morgan fingerprint density at radius 2 is 1.29 bits per heavy atom. The number of rotatable bonds is 0. The van der Waals surface area contributed by atoms with Crippen molar-refractivity contribution >= 4 is 58.4 Å². The zero-order valence-corrected chi connectivity index (χ0v) is 12.6. The Hall–Kier alpha value is -1.28. The van der Waals surface area contributed by atoms with Crippen LogP contribution in [0.15, 0.2) is 54.6 Å². The van der Waals surface area contributed by atoms with Crippen molar-refractivity contribution in [1.29, 1.82) is 0 Å². The van der Waals surface area contributed by atoms with E-state index in [4.69, 9.17) is 0 Å². The van der Waals surface area contributed by atoms with Gasteiger partial charge in [-0.05, 0) is 0 Å². The summed E-state index contributed by atoms with van der Waals surface area (Å²) in [4.78, 5) is 0. The van der Waals surface area contributed by atoms with Crippen LogP contribution in [0.1, 0.15) is 0 Å². The molecular formula is C16H10Sn. The van der Waals surface area contributed by atoms with Gasteiger partial charge in [-0.15, -0.1) is 0 Å². The third-order valence-electron chi connectivity index (χ3n) is 3.54. The molecule has 4 rings (SSSR count). The van der Waals surface area contributed by atoms with Crippen LogP contribution in [-0.4, -0.2) is 22.5 Å². The Bertz CT molecular complexity index is 846. The molecule has 0 spiro atoms. The molecule has 78 valence electrons. The summed E-state index contributed by atoms with van der Waals surface area (Å²) in [5.74, 6) is 0. The van der Waals surface area contributed by atoms with Crippen molar-refractivity contribution < 1.29 is 0 Å². The van der Waals surface area contributed by atoms with Gasteiger partial charge in [0, 0.05) is 0 Å². The van der Waals surface area contributed by atoms with Crippen LogP contribution in [0.3, 0.4) is 0 Å². The summed E-state index contributed by atoms with van der Waals surface area (Å²) in [5, 5.41) is 8.42. The molecule has 4 aromatic carbocycles. The first kappa shape index (κ1) is 9.72. The molecule has 1 heteroatoms. The molecule has 17 heavy (non-hydrogen) atoms. The molecule has 0 N–H and O–H groups in total. The Labute approximate surface area is 113 Å². The minimum absolute atomic E-state index is 1.17. The average Bonchev–Trinajstić information content (AvgIpc) is 2.37. The van der Waals surface area contributed by atoms with Gasteiger partial charge in [-0.2, -0.15) is 0 Å². The zero-order chi connectivity index (χ0) is 11.4. The first-order valence-electron chi connectivity index (χ1n) is 5.76. The van der Waals surface area contributed by atoms with Crippen LogP contribution in [0, 0.1) is 0 Å². The molecule has 0 aromatic heterocycles. The van der Waals surface area contributed by atoms with Gasteiger partial charge in [0.25, 0.3) is 0 Å². The van der Waals surface area contributed by atoms with E-state index in [0.29, 0.717) is 0 Å². The number of benzene rings is 4. The van der Waals surface area contributed by atoms with Crippen LogP contribution in [-0.2, 0) is 0 Å². The van der Waals surface area contributed by atoms with Gasteiger partial charge in [-0.25, -0.2) is 0 Å². The third-order valence-corrected chi connectivity index (χ3v) is 4.90. The van der Waals surface area contributed by atoms with Crippen molar-refractivity contribution in [2.75, 3.05) is 0 Å². The maximum atomic E-state index is 2.35. The van der Waals surface area contributed by atoms with Crippen molar-refractivity contribution in [2.24, 2.45) is 0 Å². The van der Waals surface area contributed by atoms with E-state index in [1.165, 1.54) is 58.4 Å². The van der Waals surface area contributed by atoms with Crippen molar-refractivity contribution in [1.82, 2.24) is 0 Å². The quantitative estimate of drug-likeness (QED) is 0.345. The van der Waals surface area contributed by atoms with E-state index in [1.807, 2.05) is 0 Å². The number of hydrogen-bond donors (Lipinski definition) is 0. The van der Waals surface area contributed by atoms with E-state index in [0.717, 1.165) is 0 Å². The predicted molar refractivity (Wildman–Crippen MR) is 76.9 cm³/mol. The molecule has 0 aliphatic carbocycles. The van der Waals surface area contributed by atoms with E-state index < -0.39 is 0 Å². The molecule has 0 saturated heterocycles. The summed E-state index contributed by atoms with van der Waals surface area (Å²) in [7, 11) is 0. The molecule has 0 nitrogen and oxygen atoms in total. The van der Waals surface area contributed by atoms with Crippen molar-refractivity contribution in [3.8, 4) is 0 Å². The topological polar surface area (TPSA) is 0 Å². The zero-order valence-electron chi connectivity index (χ0n) is 9.27. The van der Waals surface area contributed by atoms with Crippen molar-refractivity contribution in [2.45, 2.75) is 0 Å². The Kier molecular flexibility index (Phi) is 1.92. The molecule has 0 bridgehead atoms. The molecule has 2 radical (unpaired) electrons. The maximum absolute atomic E-state index is 2.35. The van der Waals surface area contributed by atoms with Crippen molar-refractivity contribution in [3.05, 3.63) is 54.6 Å².